The lowest BCUT2D eigenvalue weighted by Crippen LogP contribution is -2.10. The van der Waals surface area contributed by atoms with Crippen LogP contribution >= 0.6 is 15.9 Å². The molecule has 2 rings (SSSR count). The Bertz CT molecular complexity index is 639. The number of carbonyl (C=O) groups excluding carboxylic acids is 1. The number of nitrogens with two attached hydrogens (primary N) is 1. The Morgan fingerprint density at radius 3 is 2.85 bits per heavy atom. The van der Waals surface area contributed by atoms with Gasteiger partial charge in [0.25, 0.3) is 0 Å². The first-order valence-electron chi connectivity index (χ1n) is 6.24. The van der Waals surface area contributed by atoms with Crippen molar-refractivity contribution < 1.29 is 9.53 Å². The average Bonchev–Trinajstić information content (AvgIpc) is 2.77. The van der Waals surface area contributed by atoms with E-state index in [-0.39, 0.29) is 18.1 Å². The van der Waals surface area contributed by atoms with Gasteiger partial charge in [-0.05, 0) is 28.9 Å². The molecule has 7 heteroatoms. The number of carbonyl (C=O) groups is 1. The molecule has 0 unspecified atom stereocenters. The van der Waals surface area contributed by atoms with E-state index >= 15 is 0 Å². The number of nitrogen functional groups attached to an aromatic ring is 1. The van der Waals surface area contributed by atoms with Crippen molar-refractivity contribution in [3.05, 3.63) is 34.5 Å². The molecule has 0 aromatic carbocycles. The lowest BCUT2D eigenvalue weighted by atomic mass is 10.3. The quantitative estimate of drug-likeness (QED) is 0.865. The van der Waals surface area contributed by atoms with Crippen molar-refractivity contribution in [2.75, 3.05) is 12.3 Å². The number of anilines is 1. The molecule has 2 N–H and O–H groups in total. The van der Waals surface area contributed by atoms with E-state index in [9.17, 15) is 4.79 Å². The van der Waals surface area contributed by atoms with Gasteiger partial charge in [-0.1, -0.05) is 6.92 Å². The van der Waals surface area contributed by atoms with Crippen LogP contribution in [0.2, 0.25) is 0 Å². The van der Waals surface area contributed by atoms with Crippen molar-refractivity contribution in [3.63, 3.8) is 0 Å². The number of pyridine rings is 1. The van der Waals surface area contributed by atoms with E-state index in [1.807, 2.05) is 6.92 Å². The minimum absolute atomic E-state index is 0.146. The van der Waals surface area contributed by atoms with Crippen molar-refractivity contribution in [2.45, 2.75) is 20.3 Å². The fourth-order valence-corrected chi connectivity index (χ4v) is 2.31. The van der Waals surface area contributed by atoms with Crippen LogP contribution in [0.4, 0.5) is 5.82 Å². The lowest BCUT2D eigenvalue weighted by Gasteiger charge is -2.10. The molecule has 2 aromatic heterocycles. The van der Waals surface area contributed by atoms with Gasteiger partial charge in [0.2, 0.25) is 0 Å². The summed E-state index contributed by atoms with van der Waals surface area (Å²) in [6.07, 6.45) is 3.96. The Morgan fingerprint density at radius 2 is 2.25 bits per heavy atom. The second-order valence-corrected chi connectivity index (χ2v) is 4.85. The van der Waals surface area contributed by atoms with E-state index in [0.29, 0.717) is 12.2 Å². The van der Waals surface area contributed by atoms with Crippen LogP contribution in [0.5, 0.6) is 0 Å². The van der Waals surface area contributed by atoms with Gasteiger partial charge in [-0.15, -0.1) is 0 Å². The number of halogens is 1. The summed E-state index contributed by atoms with van der Waals surface area (Å²) in [5.41, 5.74) is 7.01. The van der Waals surface area contributed by atoms with Crippen LogP contribution in [0, 0.1) is 0 Å². The maximum absolute atomic E-state index is 11.9. The van der Waals surface area contributed by atoms with Crippen LogP contribution in [0.3, 0.4) is 0 Å². The van der Waals surface area contributed by atoms with E-state index in [1.54, 1.807) is 30.0 Å². The van der Waals surface area contributed by atoms with Crippen LogP contribution in [0.1, 0.15) is 30.2 Å². The van der Waals surface area contributed by atoms with E-state index in [2.05, 4.69) is 25.9 Å². The minimum atomic E-state index is -0.511. The molecule has 0 aliphatic heterocycles. The van der Waals surface area contributed by atoms with Crippen LogP contribution < -0.4 is 5.73 Å². The van der Waals surface area contributed by atoms with Gasteiger partial charge < -0.3 is 10.5 Å². The molecule has 0 amide bonds. The Hall–Kier alpha value is -1.89. The van der Waals surface area contributed by atoms with Crippen molar-refractivity contribution in [3.8, 4) is 5.69 Å². The summed E-state index contributed by atoms with van der Waals surface area (Å²) in [6.45, 7) is 3.97. The van der Waals surface area contributed by atoms with Gasteiger partial charge in [0.15, 0.2) is 5.69 Å². The number of esters is 1. The predicted octanol–water partition coefficient (Wildman–Crippen LogP) is 2.35. The molecule has 20 heavy (non-hydrogen) atoms. The number of ether oxygens (including phenoxy) is 1. The minimum Gasteiger partial charge on any atom is -0.461 e. The molecule has 106 valence electrons. The number of nitrogens with zero attached hydrogens (tertiary/aromatic N) is 3. The van der Waals surface area contributed by atoms with E-state index < -0.39 is 5.97 Å². The molecular weight excluding hydrogens is 324 g/mol. The normalized spacial score (nSPS) is 10.6. The summed E-state index contributed by atoms with van der Waals surface area (Å²) in [4.78, 5) is 20.2. The smallest absolute Gasteiger partial charge is 0.360 e. The van der Waals surface area contributed by atoms with Gasteiger partial charge in [-0.3, -0.25) is 9.55 Å². The van der Waals surface area contributed by atoms with Crippen LogP contribution in [-0.4, -0.2) is 27.1 Å². The standard InChI is InChI=1S/C13H15BrN4O2/c1-3-10-17-11(13(19)20-4-2)12(15)18(10)9-5-6-16-7-8(9)14/h5-7H,3-4,15H2,1-2H3. The highest BCUT2D eigenvalue weighted by Gasteiger charge is 2.22. The summed E-state index contributed by atoms with van der Waals surface area (Å²) in [6, 6.07) is 1.80. The first-order valence-corrected chi connectivity index (χ1v) is 7.03. The number of imidazole rings is 1. The molecule has 0 radical (unpaired) electrons. The zero-order valence-corrected chi connectivity index (χ0v) is 12.8. The highest BCUT2D eigenvalue weighted by molar-refractivity contribution is 9.10. The molecule has 0 aliphatic rings. The van der Waals surface area contributed by atoms with E-state index in [4.69, 9.17) is 10.5 Å². The molecule has 6 nitrogen and oxygen atoms in total. The first-order chi connectivity index (χ1) is 9.60. The lowest BCUT2D eigenvalue weighted by molar-refractivity contribution is 0.0521. The van der Waals surface area contributed by atoms with Gasteiger partial charge in [0.05, 0.1) is 16.8 Å². The SMILES string of the molecule is CCOC(=O)c1nc(CC)n(-c2ccncc2Br)c1N. The van der Waals surface area contributed by atoms with Gasteiger partial charge >= 0.3 is 5.97 Å². The molecule has 0 spiro atoms. The molecule has 2 heterocycles. The predicted molar refractivity (Wildman–Crippen MR) is 78.8 cm³/mol. The molecule has 0 saturated carbocycles. The van der Waals surface area contributed by atoms with Gasteiger partial charge in [-0.25, -0.2) is 9.78 Å². The Kier molecular flexibility index (Phi) is 4.39. The molecule has 2 aromatic rings. The molecule has 0 bridgehead atoms. The third kappa shape index (κ3) is 2.53. The summed E-state index contributed by atoms with van der Waals surface area (Å²) in [5.74, 6) is 0.452. The van der Waals surface area contributed by atoms with Gasteiger partial charge in [0, 0.05) is 18.8 Å². The summed E-state index contributed by atoms with van der Waals surface area (Å²) in [5, 5.41) is 0. The topological polar surface area (TPSA) is 83.0 Å². The molecule has 0 fully saturated rings. The monoisotopic (exact) mass is 338 g/mol. The van der Waals surface area contributed by atoms with Crippen LogP contribution in [0.15, 0.2) is 22.9 Å². The number of rotatable bonds is 4. The third-order valence-electron chi connectivity index (χ3n) is 2.76. The van der Waals surface area contributed by atoms with Crippen molar-refractivity contribution >= 4 is 27.7 Å². The maximum Gasteiger partial charge on any atom is 0.360 e. The zero-order chi connectivity index (χ0) is 14.7. The molecule has 0 aliphatic carbocycles. The Balaban J connectivity index is 2.59. The first kappa shape index (κ1) is 14.5. The number of aromatic nitrogens is 3. The zero-order valence-electron chi connectivity index (χ0n) is 11.3. The van der Waals surface area contributed by atoms with Crippen molar-refractivity contribution in [2.24, 2.45) is 0 Å². The van der Waals surface area contributed by atoms with Crippen LogP contribution in [-0.2, 0) is 11.2 Å². The largest absolute Gasteiger partial charge is 0.461 e. The third-order valence-corrected chi connectivity index (χ3v) is 3.37. The van der Waals surface area contributed by atoms with Crippen molar-refractivity contribution in [1.82, 2.24) is 14.5 Å². The fraction of sp³-hybridized carbons (Fsp3) is 0.308. The van der Waals surface area contributed by atoms with E-state index in [0.717, 1.165) is 10.2 Å². The average molecular weight is 339 g/mol. The second kappa shape index (κ2) is 6.04. The Labute approximate surface area is 125 Å². The van der Waals surface area contributed by atoms with E-state index in [1.165, 1.54) is 0 Å². The molecule has 0 atom stereocenters. The highest BCUT2D eigenvalue weighted by Crippen LogP contribution is 2.26. The molecule has 0 saturated heterocycles. The summed E-state index contributed by atoms with van der Waals surface area (Å²) in [7, 11) is 0. The maximum atomic E-state index is 11.9. The number of hydrogen-bond donors (Lipinski definition) is 1. The summed E-state index contributed by atoms with van der Waals surface area (Å²) >= 11 is 3.42. The van der Waals surface area contributed by atoms with Crippen molar-refractivity contribution in [1.29, 1.82) is 0 Å². The van der Waals surface area contributed by atoms with Gasteiger partial charge in [-0.2, -0.15) is 0 Å². The Morgan fingerprint density at radius 1 is 1.50 bits per heavy atom. The van der Waals surface area contributed by atoms with Gasteiger partial charge in [0.1, 0.15) is 11.6 Å². The number of aryl methyl sites for hydroxylation is 1. The summed E-state index contributed by atoms with van der Waals surface area (Å²) < 4.78 is 7.48. The van der Waals surface area contributed by atoms with Crippen LogP contribution in [0.25, 0.3) is 5.69 Å². The number of hydrogen-bond acceptors (Lipinski definition) is 5. The second-order valence-electron chi connectivity index (χ2n) is 4.00. The highest BCUT2D eigenvalue weighted by atomic mass is 79.9. The molecular formula is C13H15BrN4O2. The fourth-order valence-electron chi connectivity index (χ4n) is 1.89.